The Labute approximate surface area is 104 Å². The molecule has 2 heteroatoms. The number of aromatic nitrogens is 1. The van der Waals surface area contributed by atoms with Gasteiger partial charge in [0, 0.05) is 22.2 Å². The monoisotopic (exact) mass is 309 g/mol. The molecule has 1 unspecified atom stereocenters. The lowest BCUT2D eigenvalue weighted by Crippen LogP contribution is -1.96. The predicted molar refractivity (Wildman–Crippen MR) is 71.1 cm³/mol. The Morgan fingerprint density at radius 2 is 1.73 bits per heavy atom. The molecule has 1 aromatic heterocycles. The van der Waals surface area contributed by atoms with E-state index in [-0.39, 0.29) is 0 Å². The molecule has 0 amide bonds. The molecule has 0 bridgehead atoms. The van der Waals surface area contributed by atoms with Crippen molar-refractivity contribution in [2.45, 2.75) is 10.3 Å². The van der Waals surface area contributed by atoms with E-state index in [9.17, 15) is 0 Å². The molecule has 1 heterocycles. The molecule has 0 spiro atoms. The Bertz CT molecular complexity index is 399. The minimum absolute atomic E-state index is 0.499. The zero-order valence-corrected chi connectivity index (χ0v) is 10.5. The third-order valence-corrected chi connectivity index (χ3v) is 3.44. The predicted octanol–water partition coefficient (Wildman–Crippen LogP) is 3.80. The van der Waals surface area contributed by atoms with Crippen molar-refractivity contribution in [3.63, 3.8) is 0 Å². The molecule has 1 nitrogen and oxygen atoms in total. The maximum Gasteiger partial charge on any atom is 0.0417 e. The highest BCUT2D eigenvalue weighted by Gasteiger charge is 2.07. The third kappa shape index (κ3) is 3.02. The molecule has 2 rings (SSSR count). The number of hydrogen-bond acceptors (Lipinski definition) is 1. The van der Waals surface area contributed by atoms with Crippen molar-refractivity contribution in [1.29, 1.82) is 0 Å². The molecule has 0 aliphatic heterocycles. The van der Waals surface area contributed by atoms with E-state index in [1.165, 1.54) is 5.56 Å². The van der Waals surface area contributed by atoms with Crippen molar-refractivity contribution >= 4 is 22.6 Å². The average molecular weight is 309 g/mol. The summed E-state index contributed by atoms with van der Waals surface area (Å²) in [4.78, 5) is 4.34. The highest BCUT2D eigenvalue weighted by molar-refractivity contribution is 14.1. The molecule has 2 aromatic rings. The van der Waals surface area contributed by atoms with Crippen LogP contribution in [0.4, 0.5) is 0 Å². The van der Waals surface area contributed by atoms with E-state index in [2.05, 4.69) is 57.9 Å². The summed E-state index contributed by atoms with van der Waals surface area (Å²) >= 11 is 2.47. The van der Waals surface area contributed by atoms with Crippen LogP contribution in [-0.2, 0) is 6.42 Å². The van der Waals surface area contributed by atoms with Gasteiger partial charge in [-0.15, -0.1) is 0 Å². The number of nitrogens with zero attached hydrogens (tertiary/aromatic N) is 1. The van der Waals surface area contributed by atoms with E-state index in [1.807, 2.05) is 24.4 Å². The zero-order valence-electron chi connectivity index (χ0n) is 8.31. The Hall–Kier alpha value is -0.900. The lowest BCUT2D eigenvalue weighted by Gasteiger charge is -2.09. The van der Waals surface area contributed by atoms with Crippen LogP contribution in [0, 0.1) is 0 Å². The molecule has 0 N–H and O–H groups in total. The standard InChI is InChI=1S/C13H12IN/c14-13(11-6-2-1-3-7-11)10-12-8-4-5-9-15-12/h1-9,13H,10H2. The minimum atomic E-state index is 0.499. The summed E-state index contributed by atoms with van der Waals surface area (Å²) in [7, 11) is 0. The van der Waals surface area contributed by atoms with Crippen LogP contribution in [0.5, 0.6) is 0 Å². The van der Waals surface area contributed by atoms with Gasteiger partial charge < -0.3 is 0 Å². The third-order valence-electron chi connectivity index (χ3n) is 2.28. The van der Waals surface area contributed by atoms with Gasteiger partial charge in [0.25, 0.3) is 0 Å². The maximum atomic E-state index is 4.34. The molecule has 0 aliphatic carbocycles. The topological polar surface area (TPSA) is 12.9 Å². The Balaban J connectivity index is 2.08. The van der Waals surface area contributed by atoms with E-state index >= 15 is 0 Å². The first-order valence-corrected chi connectivity index (χ1v) is 6.20. The van der Waals surface area contributed by atoms with Crippen LogP contribution in [-0.4, -0.2) is 4.98 Å². The Morgan fingerprint density at radius 3 is 2.40 bits per heavy atom. The number of benzene rings is 1. The van der Waals surface area contributed by atoms with Gasteiger partial charge in [-0.1, -0.05) is 59.0 Å². The molecule has 15 heavy (non-hydrogen) atoms. The van der Waals surface area contributed by atoms with Gasteiger partial charge in [-0.25, -0.2) is 0 Å². The van der Waals surface area contributed by atoms with Crippen molar-refractivity contribution in [3.05, 3.63) is 66.0 Å². The molecular weight excluding hydrogens is 297 g/mol. The summed E-state index contributed by atoms with van der Waals surface area (Å²) in [6.07, 6.45) is 2.84. The Morgan fingerprint density at radius 1 is 1.00 bits per heavy atom. The largest absolute Gasteiger partial charge is 0.261 e. The molecule has 76 valence electrons. The van der Waals surface area contributed by atoms with Crippen LogP contribution in [0.2, 0.25) is 0 Å². The number of hydrogen-bond donors (Lipinski definition) is 0. The normalized spacial score (nSPS) is 12.3. The van der Waals surface area contributed by atoms with Gasteiger partial charge in [-0.3, -0.25) is 4.98 Å². The van der Waals surface area contributed by atoms with Crippen molar-refractivity contribution in [2.24, 2.45) is 0 Å². The van der Waals surface area contributed by atoms with Crippen LogP contribution in [0.1, 0.15) is 15.2 Å². The van der Waals surface area contributed by atoms with E-state index < -0.39 is 0 Å². The summed E-state index contributed by atoms with van der Waals surface area (Å²) in [6.45, 7) is 0. The number of rotatable bonds is 3. The van der Waals surface area contributed by atoms with Crippen LogP contribution in [0.15, 0.2) is 54.7 Å². The summed E-state index contributed by atoms with van der Waals surface area (Å²) in [6, 6.07) is 16.6. The van der Waals surface area contributed by atoms with Gasteiger partial charge in [0.05, 0.1) is 0 Å². The Kier molecular flexibility index (Phi) is 3.72. The first kappa shape index (κ1) is 10.6. The van der Waals surface area contributed by atoms with Gasteiger partial charge in [-0.2, -0.15) is 0 Å². The fourth-order valence-electron chi connectivity index (χ4n) is 1.48. The second-order valence-electron chi connectivity index (χ2n) is 3.40. The molecule has 0 saturated carbocycles. The van der Waals surface area contributed by atoms with Gasteiger partial charge in [0.2, 0.25) is 0 Å². The first-order chi connectivity index (χ1) is 7.36. The minimum Gasteiger partial charge on any atom is -0.261 e. The SMILES string of the molecule is IC(Cc1ccccn1)c1ccccc1. The molecule has 0 aliphatic rings. The highest BCUT2D eigenvalue weighted by Crippen LogP contribution is 2.26. The van der Waals surface area contributed by atoms with E-state index in [1.54, 1.807) is 0 Å². The van der Waals surface area contributed by atoms with E-state index in [0.29, 0.717) is 3.92 Å². The fraction of sp³-hybridized carbons (Fsp3) is 0.154. The quantitative estimate of drug-likeness (QED) is 0.621. The summed E-state index contributed by atoms with van der Waals surface area (Å²) in [5, 5.41) is 0. The molecular formula is C13H12IN. The van der Waals surface area contributed by atoms with Crippen LogP contribution < -0.4 is 0 Å². The number of halogens is 1. The van der Waals surface area contributed by atoms with Crippen LogP contribution in [0.3, 0.4) is 0 Å². The molecule has 0 saturated heterocycles. The van der Waals surface area contributed by atoms with Gasteiger partial charge in [0.1, 0.15) is 0 Å². The molecule has 0 radical (unpaired) electrons. The van der Waals surface area contributed by atoms with E-state index in [4.69, 9.17) is 0 Å². The first-order valence-electron chi connectivity index (χ1n) is 4.95. The van der Waals surface area contributed by atoms with Gasteiger partial charge in [-0.05, 0) is 17.7 Å². The second kappa shape index (κ2) is 5.26. The summed E-state index contributed by atoms with van der Waals surface area (Å²) in [5.41, 5.74) is 2.52. The van der Waals surface area contributed by atoms with Crippen molar-refractivity contribution in [1.82, 2.24) is 4.98 Å². The highest BCUT2D eigenvalue weighted by atomic mass is 127. The molecule has 1 atom stereocenters. The summed E-state index contributed by atoms with van der Waals surface area (Å²) < 4.78 is 0.499. The second-order valence-corrected chi connectivity index (χ2v) is 4.91. The van der Waals surface area contributed by atoms with Crippen LogP contribution >= 0.6 is 22.6 Å². The number of alkyl halides is 1. The maximum absolute atomic E-state index is 4.34. The average Bonchev–Trinajstić information content (AvgIpc) is 2.31. The lowest BCUT2D eigenvalue weighted by molar-refractivity contribution is 0.919. The lowest BCUT2D eigenvalue weighted by atomic mass is 10.1. The summed E-state index contributed by atoms with van der Waals surface area (Å²) in [5.74, 6) is 0. The van der Waals surface area contributed by atoms with Crippen LogP contribution in [0.25, 0.3) is 0 Å². The zero-order chi connectivity index (χ0) is 10.5. The molecule has 1 aromatic carbocycles. The van der Waals surface area contributed by atoms with Gasteiger partial charge >= 0.3 is 0 Å². The fourth-order valence-corrected chi connectivity index (χ4v) is 2.35. The van der Waals surface area contributed by atoms with E-state index in [0.717, 1.165) is 12.1 Å². The smallest absolute Gasteiger partial charge is 0.0417 e. The van der Waals surface area contributed by atoms with Crippen molar-refractivity contribution in [2.75, 3.05) is 0 Å². The van der Waals surface area contributed by atoms with Crippen molar-refractivity contribution in [3.8, 4) is 0 Å². The van der Waals surface area contributed by atoms with Gasteiger partial charge in [0.15, 0.2) is 0 Å². The van der Waals surface area contributed by atoms with Crippen molar-refractivity contribution < 1.29 is 0 Å². The molecule has 0 fully saturated rings. The number of pyridine rings is 1.